The number of carbonyl (C=O) groups is 2. The minimum absolute atomic E-state index is 0.0324. The predicted molar refractivity (Wildman–Crippen MR) is 268 cm³/mol. The van der Waals surface area contributed by atoms with Gasteiger partial charge < -0.3 is 27.9 Å². The molecule has 0 saturated carbocycles. The molecule has 0 bridgehead atoms. The Labute approximate surface area is 393 Å². The van der Waals surface area contributed by atoms with E-state index in [-0.39, 0.29) is 32.0 Å². The Morgan fingerprint density at radius 3 is 1.33 bits per heavy atom. The van der Waals surface area contributed by atoms with Crippen LogP contribution in [0, 0.1) is 0 Å². The van der Waals surface area contributed by atoms with Gasteiger partial charge in [0.25, 0.3) is 7.82 Å². The Bertz CT molecular complexity index is 1310. The molecular formula is C54H96NO8P. The van der Waals surface area contributed by atoms with Crippen molar-refractivity contribution in [3.63, 3.8) is 0 Å². The zero-order valence-corrected chi connectivity index (χ0v) is 42.6. The Hall–Kier alpha value is -2.55. The van der Waals surface area contributed by atoms with Gasteiger partial charge in [-0.1, -0.05) is 202 Å². The van der Waals surface area contributed by atoms with Gasteiger partial charge in [0.1, 0.15) is 19.8 Å². The minimum Gasteiger partial charge on any atom is -0.756 e. The van der Waals surface area contributed by atoms with Crippen LogP contribution < -0.4 is 4.89 Å². The molecule has 370 valence electrons. The summed E-state index contributed by atoms with van der Waals surface area (Å²) >= 11 is 0. The van der Waals surface area contributed by atoms with Crippen LogP contribution in [0.4, 0.5) is 0 Å². The standard InChI is InChI=1S/C54H96NO8P/c1-6-8-10-12-14-16-17-18-19-20-21-22-23-24-25-26-27-28-29-30-31-32-33-34-35-36-37-39-41-43-45-47-54(57)63-52(51-62-64(58,59)61-49-48-55(3,4)5)50-60-53(56)46-44-42-40-38-15-13-11-9-7-2/h8,10,14,16,18-19,21-22,24-25,27-28,52H,6-7,9,11-13,15,17,20,23,26,29-51H2,1-5H3/b10-8-,16-14-,19-18-,22-21-,25-24-,28-27-. The number of nitrogens with zero attached hydrogens (tertiary/aromatic N) is 1. The highest BCUT2D eigenvalue weighted by atomic mass is 31.2. The molecule has 0 aromatic rings. The Morgan fingerprint density at radius 2 is 0.891 bits per heavy atom. The van der Waals surface area contributed by atoms with Crippen LogP contribution in [0.2, 0.25) is 0 Å². The largest absolute Gasteiger partial charge is 0.756 e. The zero-order chi connectivity index (χ0) is 47.1. The van der Waals surface area contributed by atoms with E-state index in [4.69, 9.17) is 18.5 Å². The highest BCUT2D eigenvalue weighted by Crippen LogP contribution is 2.38. The summed E-state index contributed by atoms with van der Waals surface area (Å²) in [5, 5.41) is 0. The van der Waals surface area contributed by atoms with Crippen molar-refractivity contribution in [3.05, 3.63) is 72.9 Å². The van der Waals surface area contributed by atoms with E-state index in [0.29, 0.717) is 17.4 Å². The number of rotatable bonds is 46. The van der Waals surface area contributed by atoms with Gasteiger partial charge in [-0.25, -0.2) is 0 Å². The number of hydrogen-bond acceptors (Lipinski definition) is 8. The van der Waals surface area contributed by atoms with E-state index in [2.05, 4.69) is 86.8 Å². The van der Waals surface area contributed by atoms with Crippen molar-refractivity contribution in [2.24, 2.45) is 0 Å². The number of quaternary nitrogens is 1. The first-order valence-electron chi connectivity index (χ1n) is 25.6. The van der Waals surface area contributed by atoms with Crippen molar-refractivity contribution >= 4 is 19.8 Å². The smallest absolute Gasteiger partial charge is 0.306 e. The van der Waals surface area contributed by atoms with E-state index < -0.39 is 26.5 Å². The highest BCUT2D eigenvalue weighted by molar-refractivity contribution is 7.45. The Kier molecular flexibility index (Phi) is 43.8. The maximum Gasteiger partial charge on any atom is 0.306 e. The van der Waals surface area contributed by atoms with Crippen molar-refractivity contribution in [1.29, 1.82) is 0 Å². The number of phosphoric acid groups is 1. The summed E-state index contributed by atoms with van der Waals surface area (Å²) in [4.78, 5) is 37.5. The van der Waals surface area contributed by atoms with E-state index >= 15 is 0 Å². The molecule has 9 nitrogen and oxygen atoms in total. The Morgan fingerprint density at radius 1 is 0.500 bits per heavy atom. The summed E-state index contributed by atoms with van der Waals surface area (Å²) in [5.41, 5.74) is 0. The summed E-state index contributed by atoms with van der Waals surface area (Å²) in [6.07, 6.45) is 58.1. The van der Waals surface area contributed by atoms with E-state index in [9.17, 15) is 19.0 Å². The first-order chi connectivity index (χ1) is 31.0. The van der Waals surface area contributed by atoms with E-state index in [1.807, 2.05) is 21.1 Å². The number of esters is 2. The van der Waals surface area contributed by atoms with Crippen LogP contribution in [0.3, 0.4) is 0 Å². The lowest BCUT2D eigenvalue weighted by atomic mass is 10.0. The van der Waals surface area contributed by atoms with Crippen molar-refractivity contribution in [1.82, 2.24) is 0 Å². The average Bonchev–Trinajstić information content (AvgIpc) is 3.25. The molecule has 0 aliphatic heterocycles. The molecule has 0 amide bonds. The van der Waals surface area contributed by atoms with Crippen LogP contribution in [-0.2, 0) is 32.7 Å². The molecule has 64 heavy (non-hydrogen) atoms. The van der Waals surface area contributed by atoms with Crippen LogP contribution in [-0.4, -0.2) is 70.0 Å². The third-order valence-corrected chi connectivity index (χ3v) is 11.7. The van der Waals surface area contributed by atoms with Crippen LogP contribution in [0.25, 0.3) is 0 Å². The summed E-state index contributed by atoms with van der Waals surface area (Å²) in [7, 11) is 1.16. The van der Waals surface area contributed by atoms with Crippen LogP contribution in [0.1, 0.15) is 206 Å². The number of allylic oxidation sites excluding steroid dienone is 12. The van der Waals surface area contributed by atoms with Gasteiger partial charge in [-0.05, 0) is 64.2 Å². The number of carbonyl (C=O) groups excluding carboxylic acids is 2. The second-order valence-electron chi connectivity index (χ2n) is 18.2. The van der Waals surface area contributed by atoms with Gasteiger partial charge in [-0.15, -0.1) is 0 Å². The van der Waals surface area contributed by atoms with Crippen LogP contribution in [0.15, 0.2) is 72.9 Å². The van der Waals surface area contributed by atoms with Crippen LogP contribution in [0.5, 0.6) is 0 Å². The lowest BCUT2D eigenvalue weighted by Gasteiger charge is -2.28. The van der Waals surface area contributed by atoms with Crippen LogP contribution >= 0.6 is 7.82 Å². The fraction of sp³-hybridized carbons (Fsp3) is 0.741. The summed E-state index contributed by atoms with van der Waals surface area (Å²) in [5.74, 6) is -0.839. The molecule has 0 aliphatic rings. The molecular weight excluding hydrogens is 822 g/mol. The highest BCUT2D eigenvalue weighted by Gasteiger charge is 2.21. The number of hydrogen-bond donors (Lipinski definition) is 0. The molecule has 0 N–H and O–H groups in total. The van der Waals surface area contributed by atoms with Crippen molar-refractivity contribution in [2.45, 2.75) is 213 Å². The summed E-state index contributed by atoms with van der Waals surface area (Å²) in [6.45, 7) is 4.09. The summed E-state index contributed by atoms with van der Waals surface area (Å²) < 4.78 is 33.9. The first-order valence-corrected chi connectivity index (χ1v) is 27.1. The van der Waals surface area contributed by atoms with Gasteiger partial charge in [-0.3, -0.25) is 14.2 Å². The molecule has 10 heteroatoms. The molecule has 0 aliphatic carbocycles. The SMILES string of the molecule is CC/C=C\C/C=C\C/C=C\C/C=C\C/C=C\C/C=C\CCCCCCCCCCCCCCC(=O)OC(COC(=O)CCCCCCCCCCC)COP(=O)([O-])OCC[N+](C)(C)C. The molecule has 0 spiro atoms. The monoisotopic (exact) mass is 918 g/mol. The maximum atomic E-state index is 12.7. The molecule has 2 unspecified atom stereocenters. The molecule has 0 fully saturated rings. The van der Waals surface area contributed by atoms with Crippen molar-refractivity contribution in [3.8, 4) is 0 Å². The van der Waals surface area contributed by atoms with Gasteiger partial charge >= 0.3 is 11.9 Å². The molecule has 2 atom stereocenters. The molecule has 0 aromatic carbocycles. The second kappa shape index (κ2) is 45.6. The van der Waals surface area contributed by atoms with E-state index in [1.54, 1.807) is 0 Å². The minimum atomic E-state index is -4.63. The average molecular weight is 918 g/mol. The van der Waals surface area contributed by atoms with Gasteiger partial charge in [0.2, 0.25) is 0 Å². The zero-order valence-electron chi connectivity index (χ0n) is 41.7. The normalized spacial score (nSPS) is 14.0. The molecule has 0 heterocycles. The lowest BCUT2D eigenvalue weighted by Crippen LogP contribution is -2.37. The van der Waals surface area contributed by atoms with Gasteiger partial charge in [0, 0.05) is 12.8 Å². The summed E-state index contributed by atoms with van der Waals surface area (Å²) in [6, 6.07) is 0. The van der Waals surface area contributed by atoms with Gasteiger partial charge in [-0.2, -0.15) is 0 Å². The third kappa shape index (κ3) is 48.9. The number of ether oxygens (including phenoxy) is 2. The fourth-order valence-electron chi connectivity index (χ4n) is 6.78. The molecule has 0 aromatic heterocycles. The van der Waals surface area contributed by atoms with Crippen molar-refractivity contribution < 1.29 is 42.1 Å². The number of phosphoric ester groups is 1. The molecule has 0 radical (unpaired) electrons. The van der Waals surface area contributed by atoms with Gasteiger partial charge in [0.05, 0.1) is 27.7 Å². The van der Waals surface area contributed by atoms with Crippen molar-refractivity contribution in [2.75, 3.05) is 47.5 Å². The number of unbranched alkanes of at least 4 members (excludes halogenated alkanes) is 20. The number of likely N-dealkylation sites (N-methyl/N-ethyl adjacent to an activating group) is 1. The quantitative estimate of drug-likeness (QED) is 0.0195. The lowest BCUT2D eigenvalue weighted by molar-refractivity contribution is -0.870. The fourth-order valence-corrected chi connectivity index (χ4v) is 7.50. The topological polar surface area (TPSA) is 111 Å². The second-order valence-corrected chi connectivity index (χ2v) is 19.6. The maximum absolute atomic E-state index is 12.7. The van der Waals surface area contributed by atoms with Gasteiger partial charge in [0.15, 0.2) is 6.10 Å². The van der Waals surface area contributed by atoms with E-state index in [0.717, 1.165) is 77.0 Å². The first kappa shape index (κ1) is 61.5. The molecule has 0 saturated heterocycles. The predicted octanol–water partition coefficient (Wildman–Crippen LogP) is 14.7. The molecule has 0 rings (SSSR count). The van der Waals surface area contributed by atoms with E-state index in [1.165, 1.54) is 96.3 Å². The Balaban J connectivity index is 4.08. The third-order valence-electron chi connectivity index (χ3n) is 10.7.